The highest BCUT2D eigenvalue weighted by Gasteiger charge is 2.27. The van der Waals surface area contributed by atoms with Gasteiger partial charge in [0.1, 0.15) is 11.1 Å². The molecule has 146 valence electrons. The number of nitrogens with one attached hydrogen (secondary N) is 2. The van der Waals surface area contributed by atoms with Crippen LogP contribution in [0.5, 0.6) is 0 Å². The van der Waals surface area contributed by atoms with Gasteiger partial charge in [0.15, 0.2) is 0 Å². The van der Waals surface area contributed by atoms with Gasteiger partial charge in [-0.15, -0.1) is 0 Å². The highest BCUT2D eigenvalue weighted by molar-refractivity contribution is 7.89. The summed E-state index contributed by atoms with van der Waals surface area (Å²) in [5, 5.41) is 3.30. The molecule has 6 nitrogen and oxygen atoms in total. The van der Waals surface area contributed by atoms with E-state index in [2.05, 4.69) is 48.4 Å². The second-order valence-corrected chi connectivity index (χ2v) is 8.97. The Morgan fingerprint density at radius 3 is 2.41 bits per heavy atom. The van der Waals surface area contributed by atoms with Gasteiger partial charge in [0.05, 0.1) is 19.8 Å². The quantitative estimate of drug-likeness (QED) is 0.787. The van der Waals surface area contributed by atoms with Gasteiger partial charge >= 0.3 is 0 Å². The summed E-state index contributed by atoms with van der Waals surface area (Å²) in [7, 11) is -3.46. The van der Waals surface area contributed by atoms with E-state index in [4.69, 9.17) is 4.74 Å². The number of nitrogens with zero attached hydrogens (tertiary/aromatic N) is 1. The molecule has 0 radical (unpaired) electrons. The van der Waals surface area contributed by atoms with Gasteiger partial charge in [-0.3, -0.25) is 5.32 Å². The molecule has 7 heteroatoms. The molecular formula is C20H28N3O3S+. The summed E-state index contributed by atoms with van der Waals surface area (Å²) in [6.07, 6.45) is 2.45. The highest BCUT2D eigenvalue weighted by Crippen LogP contribution is 2.17. The predicted molar refractivity (Wildman–Crippen MR) is 105 cm³/mol. The minimum Gasteiger partial charge on any atom is -0.379 e. The molecule has 0 amide bonds. The SMILES string of the molecule is CC(C)c1ccc(CCNc2ccc(S(=O)(=O)N3CCOCC3)c[nH+]2)cc1. The Morgan fingerprint density at radius 2 is 1.81 bits per heavy atom. The van der Waals surface area contributed by atoms with Crippen molar-refractivity contribution in [1.82, 2.24) is 4.31 Å². The number of benzene rings is 1. The molecule has 2 heterocycles. The van der Waals surface area contributed by atoms with Gasteiger partial charge in [-0.25, -0.2) is 13.4 Å². The van der Waals surface area contributed by atoms with Crippen molar-refractivity contribution in [3.8, 4) is 0 Å². The Hall–Kier alpha value is -1.96. The van der Waals surface area contributed by atoms with E-state index in [0.29, 0.717) is 32.2 Å². The number of morpholine rings is 1. The van der Waals surface area contributed by atoms with E-state index in [1.54, 1.807) is 18.3 Å². The largest absolute Gasteiger partial charge is 0.379 e. The molecule has 0 bridgehead atoms. The van der Waals surface area contributed by atoms with Crippen molar-refractivity contribution in [3.63, 3.8) is 0 Å². The van der Waals surface area contributed by atoms with Gasteiger partial charge in [-0.05, 0) is 23.1 Å². The summed E-state index contributed by atoms with van der Waals surface area (Å²) in [5.74, 6) is 1.34. The van der Waals surface area contributed by atoms with Crippen LogP contribution in [0.1, 0.15) is 30.9 Å². The second kappa shape index (κ2) is 8.82. The number of sulfonamides is 1. The zero-order valence-electron chi connectivity index (χ0n) is 15.9. The minimum atomic E-state index is -3.46. The summed E-state index contributed by atoms with van der Waals surface area (Å²) in [5.41, 5.74) is 2.62. The maximum atomic E-state index is 12.6. The van der Waals surface area contributed by atoms with E-state index >= 15 is 0 Å². The molecule has 1 aromatic carbocycles. The molecule has 27 heavy (non-hydrogen) atoms. The predicted octanol–water partition coefficient (Wildman–Crippen LogP) is 2.30. The normalized spacial score (nSPS) is 15.8. The van der Waals surface area contributed by atoms with Crippen molar-refractivity contribution in [2.45, 2.75) is 31.1 Å². The number of rotatable bonds is 7. The minimum absolute atomic E-state index is 0.277. The Kier molecular flexibility index (Phi) is 6.46. The lowest BCUT2D eigenvalue weighted by atomic mass is 10.0. The topological polar surface area (TPSA) is 72.8 Å². The molecule has 0 unspecified atom stereocenters. The van der Waals surface area contributed by atoms with Crippen molar-refractivity contribution < 1.29 is 18.1 Å². The zero-order valence-corrected chi connectivity index (χ0v) is 16.8. The maximum Gasteiger partial charge on any atom is 0.272 e. The average Bonchev–Trinajstić information content (AvgIpc) is 2.69. The third kappa shape index (κ3) is 5.06. The summed E-state index contributed by atoms with van der Waals surface area (Å²) in [4.78, 5) is 3.32. The summed E-state index contributed by atoms with van der Waals surface area (Å²) in [6.45, 7) is 6.84. The molecule has 0 atom stereocenters. The number of hydrogen-bond donors (Lipinski definition) is 1. The van der Waals surface area contributed by atoms with E-state index in [1.807, 2.05) is 0 Å². The number of pyridine rings is 1. The lowest BCUT2D eigenvalue weighted by Gasteiger charge is -2.25. The molecule has 0 aliphatic carbocycles. The van der Waals surface area contributed by atoms with Crippen molar-refractivity contribution >= 4 is 15.8 Å². The average molecular weight is 391 g/mol. The summed E-state index contributed by atoms with van der Waals surface area (Å²) in [6, 6.07) is 12.1. The Morgan fingerprint density at radius 1 is 1.11 bits per heavy atom. The molecule has 0 saturated carbocycles. The number of aromatic amines is 1. The van der Waals surface area contributed by atoms with Crippen LogP contribution >= 0.6 is 0 Å². The van der Waals surface area contributed by atoms with Crippen molar-refractivity contribution in [1.29, 1.82) is 0 Å². The van der Waals surface area contributed by atoms with Crippen LogP contribution in [0.3, 0.4) is 0 Å². The van der Waals surface area contributed by atoms with Gasteiger partial charge in [-0.1, -0.05) is 38.1 Å². The standard InChI is InChI=1S/C20H27N3O3S/c1-16(2)18-5-3-17(4-6-18)9-10-21-20-8-7-19(15-22-20)27(24,25)23-11-13-26-14-12-23/h3-8,15-16H,9-14H2,1-2H3,(H,21,22)/p+1. The lowest BCUT2D eigenvalue weighted by molar-refractivity contribution is -0.364. The number of H-pyrrole nitrogens is 1. The fourth-order valence-electron chi connectivity index (χ4n) is 3.03. The molecular weight excluding hydrogens is 362 g/mol. The molecule has 2 aromatic rings. The number of aromatic nitrogens is 1. The monoisotopic (exact) mass is 390 g/mol. The number of ether oxygens (including phenoxy) is 1. The van der Waals surface area contributed by atoms with Crippen LogP contribution in [0.2, 0.25) is 0 Å². The van der Waals surface area contributed by atoms with Crippen molar-refractivity contribution in [2.24, 2.45) is 0 Å². The van der Waals surface area contributed by atoms with Crippen LogP contribution < -0.4 is 10.3 Å². The van der Waals surface area contributed by atoms with Crippen LogP contribution in [0.4, 0.5) is 5.82 Å². The molecule has 1 aliphatic rings. The summed E-state index contributed by atoms with van der Waals surface area (Å²) < 4.78 is 31.9. The molecule has 1 aliphatic heterocycles. The van der Waals surface area contributed by atoms with Crippen LogP contribution in [-0.4, -0.2) is 45.6 Å². The van der Waals surface area contributed by atoms with Crippen molar-refractivity contribution in [3.05, 3.63) is 53.7 Å². The van der Waals surface area contributed by atoms with E-state index in [-0.39, 0.29) is 4.90 Å². The smallest absolute Gasteiger partial charge is 0.272 e. The summed E-state index contributed by atoms with van der Waals surface area (Å²) >= 11 is 0. The third-order valence-corrected chi connectivity index (χ3v) is 6.66. The van der Waals surface area contributed by atoms with E-state index in [0.717, 1.165) is 18.8 Å². The first kappa shape index (κ1) is 19.8. The van der Waals surface area contributed by atoms with E-state index in [1.165, 1.54) is 15.4 Å². The third-order valence-electron chi connectivity index (χ3n) is 4.77. The van der Waals surface area contributed by atoms with E-state index in [9.17, 15) is 8.42 Å². The van der Waals surface area contributed by atoms with E-state index < -0.39 is 10.0 Å². The first-order chi connectivity index (χ1) is 13.0. The maximum absolute atomic E-state index is 12.6. The first-order valence-electron chi connectivity index (χ1n) is 9.39. The number of hydrogen-bond acceptors (Lipinski definition) is 4. The van der Waals surface area contributed by atoms with Gasteiger partial charge in [-0.2, -0.15) is 4.31 Å². The Bertz CT molecular complexity index is 828. The fraction of sp³-hybridized carbons (Fsp3) is 0.450. The van der Waals surface area contributed by atoms with Crippen LogP contribution in [0, 0.1) is 0 Å². The van der Waals surface area contributed by atoms with Gasteiger partial charge in [0, 0.05) is 25.6 Å². The van der Waals surface area contributed by atoms with Crippen LogP contribution in [0.15, 0.2) is 47.5 Å². The molecule has 1 aromatic heterocycles. The number of anilines is 1. The van der Waals surface area contributed by atoms with Gasteiger partial charge in [0.2, 0.25) is 10.0 Å². The highest BCUT2D eigenvalue weighted by atomic mass is 32.2. The molecule has 1 saturated heterocycles. The van der Waals surface area contributed by atoms with Gasteiger partial charge in [0.25, 0.3) is 5.82 Å². The fourth-order valence-corrected chi connectivity index (χ4v) is 4.40. The Balaban J connectivity index is 1.54. The first-order valence-corrected chi connectivity index (χ1v) is 10.8. The molecule has 2 N–H and O–H groups in total. The molecule has 1 fully saturated rings. The lowest BCUT2D eigenvalue weighted by Crippen LogP contribution is -2.40. The zero-order chi connectivity index (χ0) is 19.3. The molecule has 0 spiro atoms. The molecule has 3 rings (SSSR count). The van der Waals surface area contributed by atoms with Gasteiger partial charge < -0.3 is 4.74 Å². The Labute approximate surface area is 161 Å². The second-order valence-electron chi connectivity index (χ2n) is 7.03. The van der Waals surface area contributed by atoms with Crippen LogP contribution in [0.25, 0.3) is 0 Å². The van der Waals surface area contributed by atoms with Crippen LogP contribution in [-0.2, 0) is 21.2 Å². The van der Waals surface area contributed by atoms with Crippen molar-refractivity contribution in [2.75, 3.05) is 38.2 Å².